The van der Waals surface area contributed by atoms with Crippen molar-refractivity contribution in [3.05, 3.63) is 293 Å². The number of fused-ring (bicyclic) bond motifs is 20. The van der Waals surface area contributed by atoms with E-state index in [1.54, 1.807) is 0 Å². The fraction of sp³-hybridized carbons (Fsp3) is 0.100. The van der Waals surface area contributed by atoms with E-state index in [1.807, 2.05) is 24.3 Å². The molecule has 2 N–H and O–H groups in total. The van der Waals surface area contributed by atoms with E-state index in [4.69, 9.17) is 29.9 Å². The Hall–Kier alpha value is -12.6. The molecule has 17 rings (SSSR count). The Kier molecular flexibility index (Phi) is 15.0. The summed E-state index contributed by atoms with van der Waals surface area (Å²) < 4.78 is 17.7. The van der Waals surface area contributed by atoms with E-state index >= 15 is 0 Å². The summed E-state index contributed by atoms with van der Waals surface area (Å²) in [5.74, 6) is 2.09. The summed E-state index contributed by atoms with van der Waals surface area (Å²) in [4.78, 5) is 41.3. The zero-order valence-corrected chi connectivity index (χ0v) is 52.6. The van der Waals surface area contributed by atoms with Crippen LogP contribution in [0.15, 0.2) is 293 Å². The number of hydrogen-bond acceptors (Lipinski definition) is 6. The van der Waals surface area contributed by atoms with Gasteiger partial charge in [-0.2, -0.15) is 36.5 Å². The van der Waals surface area contributed by atoms with Crippen LogP contribution in [0.4, 0.5) is 0 Å². The Labute approximate surface area is 553 Å². The Balaban J connectivity index is 0.882. The van der Waals surface area contributed by atoms with Gasteiger partial charge in [0.1, 0.15) is 22.6 Å². The van der Waals surface area contributed by atoms with Crippen LogP contribution in [-0.2, 0) is 52.4 Å². The van der Waals surface area contributed by atoms with Crippen LogP contribution >= 0.6 is 0 Å². The van der Waals surface area contributed by atoms with Crippen LogP contribution in [0, 0.1) is 0 Å². The summed E-state index contributed by atoms with van der Waals surface area (Å²) in [6.45, 7) is 6.60. The number of aromatic amines is 2. The number of pyridine rings is 8. The van der Waals surface area contributed by atoms with E-state index in [0.717, 1.165) is 141 Å². The van der Waals surface area contributed by atoms with Crippen molar-refractivity contribution in [2.24, 2.45) is 0 Å². The molecule has 0 unspecified atom stereocenters. The fourth-order valence-electron chi connectivity index (χ4n) is 13.3. The minimum absolute atomic E-state index is 0.521. The van der Waals surface area contributed by atoms with E-state index in [0.29, 0.717) is 45.9 Å². The SMILES string of the molecule is c1cc[n+](CC[n+]2ccc(-c3cccc4c3-c3nc-4nc4[nH]c(nc5nc(nc6[nH]c(n3)c3cccc(-c7cc[n+](CC[n+]8ccccc8)cc7)c63)-c3cccc(-c6cc[n+](CC[n+]7ccccc7)cc6)c3-5)c3cccc(-c5cc[n+](CC[n+]6ccccc6)cc5)c43)cc2)cc1. The molecule has 4 aromatic carbocycles. The van der Waals surface area contributed by atoms with Crippen LogP contribution in [-0.4, -0.2) is 39.9 Å². The molecule has 458 valence electrons. The van der Waals surface area contributed by atoms with Crippen LogP contribution in [0.2, 0.25) is 0 Å². The maximum atomic E-state index is 5.66. The molecule has 16 nitrogen and oxygen atoms in total. The molecule has 0 aliphatic carbocycles. The molecule has 11 aromatic heterocycles. The fourth-order valence-corrected chi connectivity index (χ4v) is 13.3. The Morgan fingerprint density at radius 1 is 0.208 bits per heavy atom. The van der Waals surface area contributed by atoms with Gasteiger partial charge >= 0.3 is 0 Å². The average molecular weight is 1250 g/mol. The zero-order valence-electron chi connectivity index (χ0n) is 52.6. The number of nitrogens with zero attached hydrogens (tertiary/aromatic N) is 14. The number of benzene rings is 4. The summed E-state index contributed by atoms with van der Waals surface area (Å²) in [5, 5.41) is 3.57. The van der Waals surface area contributed by atoms with Gasteiger partial charge in [0.25, 0.3) is 0 Å². The monoisotopic (exact) mass is 1250 g/mol. The molecule has 0 fully saturated rings. The van der Waals surface area contributed by atoms with Gasteiger partial charge in [-0.3, -0.25) is 0 Å². The summed E-state index contributed by atoms with van der Waals surface area (Å²) in [7, 11) is 0. The van der Waals surface area contributed by atoms with Crippen LogP contribution in [0.3, 0.4) is 0 Å². The highest BCUT2D eigenvalue weighted by atomic mass is 15.1. The minimum atomic E-state index is 0.521. The first kappa shape index (κ1) is 57.3. The summed E-state index contributed by atoms with van der Waals surface area (Å²) in [6, 6.07) is 67.7. The van der Waals surface area contributed by atoms with Gasteiger partial charge in [0.2, 0.25) is 52.4 Å². The summed E-state index contributed by atoms with van der Waals surface area (Å²) in [6.07, 6.45) is 34.1. The standard InChI is InChI=1S/C80H65N16/c1-5-33-89(34-6-1)49-53-93-41-25-57(26-42-93)61-17-13-21-65-69(61)77-81-73(65)86-78-71-63(59-29-45-95(46-30-59)55-51-91-37-9-3-10-38-91)19-15-23-67(71)75(83-78)88-80-72-64(60-31-47-96(48-32-60)56-52-92-39-11-4-12-40-92)20-16-24-68(72)76(84-80)87-79-70-62(18-14-22-66(70)74(82-79)85-77)58-27-43-94(44-28-58)54-50-90-35-7-2-8-36-90/h1-48H,49-56H2,(H,81,82,83,84,85,86,87,88)/q+7/p+1. The highest BCUT2D eigenvalue weighted by molar-refractivity contribution is 6.14. The highest BCUT2D eigenvalue weighted by Crippen LogP contribution is 2.45. The van der Waals surface area contributed by atoms with Crippen molar-refractivity contribution in [3.63, 3.8) is 0 Å². The molecule has 0 saturated carbocycles. The molecule has 0 spiro atoms. The number of H-pyrrole nitrogens is 2. The predicted molar refractivity (Wildman–Crippen MR) is 365 cm³/mol. The molecule has 0 saturated heterocycles. The van der Waals surface area contributed by atoms with Crippen LogP contribution in [0.25, 0.3) is 134 Å². The van der Waals surface area contributed by atoms with Crippen molar-refractivity contribution < 1.29 is 36.5 Å². The van der Waals surface area contributed by atoms with Gasteiger partial charge in [-0.25, -0.2) is 29.9 Å². The first-order chi connectivity index (χ1) is 47.5. The van der Waals surface area contributed by atoms with Gasteiger partial charge in [-0.1, -0.05) is 97.1 Å². The van der Waals surface area contributed by atoms with Gasteiger partial charge in [0.05, 0.1) is 0 Å². The zero-order chi connectivity index (χ0) is 63.7. The average Bonchev–Trinajstić information content (AvgIpc) is 1.59. The maximum Gasteiger partial charge on any atom is 0.206 e. The molecule has 0 atom stereocenters. The first-order valence-electron chi connectivity index (χ1n) is 32.6. The molecule has 2 aliphatic rings. The lowest BCUT2D eigenvalue weighted by atomic mass is 9.96. The molecule has 8 bridgehead atoms. The van der Waals surface area contributed by atoms with Crippen molar-refractivity contribution in [3.8, 4) is 90.1 Å². The maximum absolute atomic E-state index is 5.66. The third-order valence-electron chi connectivity index (χ3n) is 18.3. The lowest BCUT2D eigenvalue weighted by Gasteiger charge is -2.08. The third kappa shape index (κ3) is 11.4. The normalized spacial score (nSPS) is 11.7. The van der Waals surface area contributed by atoms with Crippen molar-refractivity contribution in [2.75, 3.05) is 0 Å². The molecule has 96 heavy (non-hydrogen) atoms. The van der Waals surface area contributed by atoms with Crippen LogP contribution < -0.4 is 36.5 Å². The number of aromatic nitrogens is 16. The molecule has 0 amide bonds. The van der Waals surface area contributed by atoms with Gasteiger partial charge < -0.3 is 9.97 Å². The molecule has 13 heterocycles. The van der Waals surface area contributed by atoms with Gasteiger partial charge in [-0.05, 0) is 44.5 Å². The molecular weight excluding hydrogens is 1180 g/mol. The predicted octanol–water partition coefficient (Wildman–Crippen LogP) is 10.6. The first-order valence-corrected chi connectivity index (χ1v) is 32.6. The highest BCUT2D eigenvalue weighted by Gasteiger charge is 2.28. The Morgan fingerprint density at radius 2 is 0.458 bits per heavy atom. The number of nitrogens with one attached hydrogen (secondary N) is 2. The van der Waals surface area contributed by atoms with Crippen LogP contribution in [0.5, 0.6) is 0 Å². The lowest BCUT2D eigenvalue weighted by molar-refractivity contribution is -0.778. The molecular formula is C80H66N16+8. The van der Waals surface area contributed by atoms with Gasteiger partial charge in [0, 0.05) is 141 Å². The van der Waals surface area contributed by atoms with Crippen molar-refractivity contribution in [1.29, 1.82) is 0 Å². The van der Waals surface area contributed by atoms with E-state index in [2.05, 4.69) is 316 Å². The van der Waals surface area contributed by atoms with E-state index in [1.165, 1.54) is 0 Å². The summed E-state index contributed by atoms with van der Waals surface area (Å²) in [5.41, 5.74) is 14.0. The quantitative estimate of drug-likeness (QED) is 0.0924. The minimum Gasteiger partial charge on any atom is -0.324 e. The second-order valence-corrected chi connectivity index (χ2v) is 24.3. The van der Waals surface area contributed by atoms with Gasteiger partial charge in [0.15, 0.2) is 122 Å². The Morgan fingerprint density at radius 3 is 0.771 bits per heavy atom. The second kappa shape index (κ2) is 25.2. The molecule has 2 aliphatic heterocycles. The van der Waals surface area contributed by atoms with Crippen LogP contribution in [0.1, 0.15) is 0 Å². The molecule has 0 radical (unpaired) electrons. The topological polar surface area (TPSA) is 140 Å². The van der Waals surface area contributed by atoms with Crippen molar-refractivity contribution >= 4 is 44.1 Å². The van der Waals surface area contributed by atoms with E-state index in [-0.39, 0.29) is 0 Å². The lowest BCUT2D eigenvalue weighted by Crippen LogP contribution is -2.43. The molecule has 16 heteroatoms. The smallest absolute Gasteiger partial charge is 0.206 e. The van der Waals surface area contributed by atoms with Gasteiger partial charge in [-0.15, -0.1) is 0 Å². The number of rotatable bonds is 16. The molecule has 15 aromatic rings. The largest absolute Gasteiger partial charge is 0.324 e. The second-order valence-electron chi connectivity index (χ2n) is 24.3. The van der Waals surface area contributed by atoms with E-state index in [9.17, 15) is 0 Å². The number of hydrogen-bond donors (Lipinski definition) is 2. The Bertz CT molecular complexity index is 5210. The van der Waals surface area contributed by atoms with E-state index < -0.39 is 0 Å². The number of aryl methyl sites for hydroxylation is 8. The third-order valence-corrected chi connectivity index (χ3v) is 18.3. The van der Waals surface area contributed by atoms with Crippen molar-refractivity contribution in [1.82, 2.24) is 39.9 Å². The van der Waals surface area contributed by atoms with Crippen molar-refractivity contribution in [2.45, 2.75) is 52.4 Å². The summed E-state index contributed by atoms with van der Waals surface area (Å²) >= 11 is 0.